The number of nitriles is 1. The molecule has 1 heterocycles. The minimum absolute atomic E-state index is 0.387. The number of hydrogen-bond donors (Lipinski definition) is 2. The van der Waals surface area contributed by atoms with Gasteiger partial charge >= 0.3 is 0 Å². The van der Waals surface area contributed by atoms with Gasteiger partial charge in [0.05, 0.1) is 30.0 Å². The van der Waals surface area contributed by atoms with Gasteiger partial charge in [-0.2, -0.15) is 5.26 Å². The second-order valence-corrected chi connectivity index (χ2v) is 4.25. The molecule has 6 heteroatoms. The molecule has 0 atom stereocenters. The highest BCUT2D eigenvalue weighted by Crippen LogP contribution is 2.19. The van der Waals surface area contributed by atoms with E-state index >= 15 is 0 Å². The first-order valence-electron chi connectivity index (χ1n) is 5.94. The summed E-state index contributed by atoms with van der Waals surface area (Å²) in [5.74, 6) is 5.26. The maximum absolute atomic E-state index is 11.5. The Morgan fingerprint density at radius 2 is 2.10 bits per heavy atom. The van der Waals surface area contributed by atoms with Crippen LogP contribution in [0.3, 0.4) is 0 Å². The van der Waals surface area contributed by atoms with E-state index in [0.717, 1.165) is 5.69 Å². The van der Waals surface area contributed by atoms with E-state index in [2.05, 4.69) is 11.5 Å². The fourth-order valence-corrected chi connectivity index (χ4v) is 1.84. The summed E-state index contributed by atoms with van der Waals surface area (Å²) in [7, 11) is 1.87. The third kappa shape index (κ3) is 2.79. The minimum atomic E-state index is -0.387. The van der Waals surface area contributed by atoms with Gasteiger partial charge in [0.15, 0.2) is 0 Å². The topological polar surface area (TPSA) is 95.3 Å². The predicted octanol–water partition coefficient (Wildman–Crippen LogP) is 1.39. The van der Waals surface area contributed by atoms with Gasteiger partial charge in [0, 0.05) is 12.7 Å². The van der Waals surface area contributed by atoms with Crippen LogP contribution in [0.2, 0.25) is 0 Å². The summed E-state index contributed by atoms with van der Waals surface area (Å²) in [5.41, 5.74) is 4.01. The van der Waals surface area contributed by atoms with Gasteiger partial charge in [-0.15, -0.1) is 0 Å². The predicted molar refractivity (Wildman–Crippen MR) is 73.6 cm³/mol. The van der Waals surface area contributed by atoms with Crippen molar-refractivity contribution in [3.63, 3.8) is 0 Å². The highest BCUT2D eigenvalue weighted by Gasteiger charge is 2.15. The number of carbonyl (C=O) groups is 1. The molecule has 0 radical (unpaired) electrons. The number of anilines is 1. The van der Waals surface area contributed by atoms with E-state index in [-0.39, 0.29) is 5.91 Å². The van der Waals surface area contributed by atoms with Crippen molar-refractivity contribution in [2.45, 2.75) is 6.54 Å². The number of nitrogen functional groups attached to an aromatic ring is 1. The van der Waals surface area contributed by atoms with Crippen LogP contribution in [0.1, 0.15) is 21.7 Å². The molecule has 1 amide bonds. The zero-order valence-electron chi connectivity index (χ0n) is 11.0. The summed E-state index contributed by atoms with van der Waals surface area (Å²) in [6.07, 6.45) is 1.45. The second-order valence-electron chi connectivity index (χ2n) is 4.25. The normalized spacial score (nSPS) is 9.85. The minimum Gasteiger partial charge on any atom is -0.467 e. The number of benzene rings is 1. The van der Waals surface area contributed by atoms with Crippen LogP contribution in [0.4, 0.5) is 5.69 Å². The molecule has 0 aliphatic carbocycles. The smallest absolute Gasteiger partial charge is 0.268 e. The largest absolute Gasteiger partial charge is 0.467 e. The zero-order valence-corrected chi connectivity index (χ0v) is 11.0. The lowest BCUT2D eigenvalue weighted by Gasteiger charge is -2.18. The van der Waals surface area contributed by atoms with Gasteiger partial charge in [0.2, 0.25) is 0 Å². The van der Waals surface area contributed by atoms with Crippen LogP contribution in [0.5, 0.6) is 0 Å². The van der Waals surface area contributed by atoms with Crippen molar-refractivity contribution in [1.29, 1.82) is 5.26 Å². The van der Waals surface area contributed by atoms with Crippen molar-refractivity contribution in [1.82, 2.24) is 5.43 Å². The molecule has 0 saturated heterocycles. The number of nitrogens with two attached hydrogens (primary N) is 1. The standard InChI is InChI=1S/C14H14N4O2/c1-18(11-4-2-10(8-15)3-5-11)9-13-12(6-7-20-13)14(19)17-16/h2-7H,9,16H2,1H3,(H,17,19). The van der Waals surface area contributed by atoms with Crippen LogP contribution in [-0.4, -0.2) is 13.0 Å². The Bertz CT molecular complexity index is 640. The molecule has 0 fully saturated rings. The molecule has 2 rings (SSSR count). The van der Waals surface area contributed by atoms with Crippen LogP contribution in [0, 0.1) is 11.3 Å². The van der Waals surface area contributed by atoms with Crippen LogP contribution in [0.15, 0.2) is 41.0 Å². The molecule has 0 spiro atoms. The van der Waals surface area contributed by atoms with Crippen LogP contribution in [0.25, 0.3) is 0 Å². The molecule has 0 saturated carbocycles. The van der Waals surface area contributed by atoms with E-state index in [0.29, 0.717) is 23.4 Å². The maximum atomic E-state index is 11.5. The highest BCUT2D eigenvalue weighted by molar-refractivity contribution is 5.94. The molecular formula is C14H14N4O2. The van der Waals surface area contributed by atoms with Crippen molar-refractivity contribution in [3.8, 4) is 6.07 Å². The van der Waals surface area contributed by atoms with E-state index < -0.39 is 0 Å². The number of hydrazine groups is 1. The first-order valence-corrected chi connectivity index (χ1v) is 5.94. The third-order valence-corrected chi connectivity index (χ3v) is 2.94. The fraction of sp³-hybridized carbons (Fsp3) is 0.143. The van der Waals surface area contributed by atoms with Crippen molar-refractivity contribution < 1.29 is 9.21 Å². The molecular weight excluding hydrogens is 256 g/mol. The molecule has 1 aromatic heterocycles. The number of rotatable bonds is 4. The number of nitrogens with one attached hydrogen (secondary N) is 1. The van der Waals surface area contributed by atoms with Gasteiger partial charge in [-0.3, -0.25) is 10.2 Å². The van der Waals surface area contributed by atoms with Gasteiger partial charge in [0.25, 0.3) is 5.91 Å². The Labute approximate surface area is 116 Å². The first kappa shape index (κ1) is 13.6. The third-order valence-electron chi connectivity index (χ3n) is 2.94. The van der Waals surface area contributed by atoms with E-state index in [4.69, 9.17) is 15.5 Å². The van der Waals surface area contributed by atoms with E-state index in [1.54, 1.807) is 18.2 Å². The van der Waals surface area contributed by atoms with Gasteiger partial charge in [-0.25, -0.2) is 5.84 Å². The Balaban J connectivity index is 2.15. The molecule has 0 aliphatic heterocycles. The number of hydrogen-bond acceptors (Lipinski definition) is 5. The number of furan rings is 1. The van der Waals surface area contributed by atoms with E-state index in [1.165, 1.54) is 6.26 Å². The summed E-state index contributed by atoms with van der Waals surface area (Å²) in [5, 5.41) is 8.76. The summed E-state index contributed by atoms with van der Waals surface area (Å²) >= 11 is 0. The number of amides is 1. The summed E-state index contributed by atoms with van der Waals surface area (Å²) in [4.78, 5) is 13.5. The average Bonchev–Trinajstić information content (AvgIpc) is 2.94. The maximum Gasteiger partial charge on any atom is 0.268 e. The first-order chi connectivity index (χ1) is 9.65. The Morgan fingerprint density at radius 1 is 1.40 bits per heavy atom. The molecule has 0 unspecified atom stereocenters. The van der Waals surface area contributed by atoms with Gasteiger partial charge < -0.3 is 9.32 Å². The molecule has 6 nitrogen and oxygen atoms in total. The molecule has 0 bridgehead atoms. The van der Waals surface area contributed by atoms with Crippen LogP contribution >= 0.6 is 0 Å². The Hall–Kier alpha value is -2.78. The second kappa shape index (κ2) is 5.91. The van der Waals surface area contributed by atoms with Crippen molar-refractivity contribution >= 4 is 11.6 Å². The van der Waals surface area contributed by atoms with Gasteiger partial charge in [0.1, 0.15) is 5.76 Å². The Morgan fingerprint density at radius 3 is 2.70 bits per heavy atom. The zero-order chi connectivity index (χ0) is 14.5. The molecule has 102 valence electrons. The number of carbonyl (C=O) groups excluding carboxylic acids is 1. The van der Waals surface area contributed by atoms with Gasteiger partial charge in [-0.05, 0) is 30.3 Å². The highest BCUT2D eigenvalue weighted by atomic mass is 16.3. The Kier molecular flexibility index (Phi) is 4.03. The fourth-order valence-electron chi connectivity index (χ4n) is 1.84. The molecule has 20 heavy (non-hydrogen) atoms. The van der Waals surface area contributed by atoms with Gasteiger partial charge in [-0.1, -0.05) is 0 Å². The molecule has 3 N–H and O–H groups in total. The van der Waals surface area contributed by atoms with Crippen molar-refractivity contribution in [3.05, 3.63) is 53.5 Å². The molecule has 1 aromatic carbocycles. The van der Waals surface area contributed by atoms with E-state index in [1.807, 2.05) is 24.1 Å². The van der Waals surface area contributed by atoms with Crippen LogP contribution in [-0.2, 0) is 6.54 Å². The SMILES string of the molecule is CN(Cc1occc1C(=O)NN)c1ccc(C#N)cc1. The van der Waals surface area contributed by atoms with Crippen molar-refractivity contribution in [2.24, 2.45) is 5.84 Å². The molecule has 0 aliphatic rings. The van der Waals surface area contributed by atoms with E-state index in [9.17, 15) is 4.79 Å². The monoisotopic (exact) mass is 270 g/mol. The lowest BCUT2D eigenvalue weighted by molar-refractivity contribution is 0.0951. The molecule has 2 aromatic rings. The number of nitrogens with zero attached hydrogens (tertiary/aromatic N) is 2. The summed E-state index contributed by atoms with van der Waals surface area (Å²) in [6.45, 7) is 0.418. The quantitative estimate of drug-likeness (QED) is 0.497. The lowest BCUT2D eigenvalue weighted by atomic mass is 10.2. The van der Waals surface area contributed by atoms with Crippen molar-refractivity contribution in [2.75, 3.05) is 11.9 Å². The summed E-state index contributed by atoms with van der Waals surface area (Å²) < 4.78 is 5.31. The average molecular weight is 270 g/mol. The lowest BCUT2D eigenvalue weighted by Crippen LogP contribution is -2.31. The van der Waals surface area contributed by atoms with Crippen LogP contribution < -0.4 is 16.2 Å². The summed E-state index contributed by atoms with van der Waals surface area (Å²) in [6, 6.07) is 10.8.